The molecule has 8 heteroatoms. The van der Waals surface area contributed by atoms with Gasteiger partial charge < -0.3 is 9.84 Å². The maximum absolute atomic E-state index is 16.9. The number of hydrogen-bond acceptors (Lipinski definition) is 5. The third-order valence-electron chi connectivity index (χ3n) is 10.5. The van der Waals surface area contributed by atoms with E-state index in [4.69, 9.17) is 4.74 Å². The minimum atomic E-state index is -1.85. The molecule has 0 aromatic heterocycles. The first-order valence-electron chi connectivity index (χ1n) is 12.2. The van der Waals surface area contributed by atoms with Crippen molar-refractivity contribution in [3.8, 4) is 0 Å². The van der Waals surface area contributed by atoms with Crippen LogP contribution in [0, 0.1) is 28.1 Å². The van der Waals surface area contributed by atoms with Crippen molar-refractivity contribution in [3.63, 3.8) is 0 Å². The first-order valence-corrected chi connectivity index (χ1v) is 12.6. The van der Waals surface area contributed by atoms with Crippen molar-refractivity contribution in [2.45, 2.75) is 89.3 Å². The van der Waals surface area contributed by atoms with Gasteiger partial charge in [-0.3, -0.25) is 14.4 Å². The van der Waals surface area contributed by atoms with E-state index in [1.807, 2.05) is 6.92 Å². The summed E-state index contributed by atoms with van der Waals surface area (Å²) in [5.74, 6) is -1.70. The molecule has 0 amide bonds. The molecule has 5 rings (SSSR count). The summed E-state index contributed by atoms with van der Waals surface area (Å²) >= 11 is 3.77. The minimum Gasteiger partial charge on any atom is -0.461 e. The highest BCUT2D eigenvalue weighted by molar-refractivity contribution is 7.96. The average Bonchev–Trinajstić information content (AvgIpc) is 3.10. The Balaban J connectivity index is 1.41. The topological polar surface area (TPSA) is 80.7 Å². The predicted molar refractivity (Wildman–Crippen MR) is 123 cm³/mol. The molecule has 186 valence electrons. The lowest BCUT2D eigenvalue weighted by molar-refractivity contribution is -0.209. The van der Waals surface area contributed by atoms with Gasteiger partial charge in [-0.05, 0) is 82.4 Å². The summed E-state index contributed by atoms with van der Waals surface area (Å²) in [5, 5.41) is 9.92. The Morgan fingerprint density at radius 1 is 1.12 bits per heavy atom. The lowest BCUT2D eigenvalue weighted by atomic mass is 9.46. The molecule has 4 fully saturated rings. The molecule has 4 saturated carbocycles. The van der Waals surface area contributed by atoms with Crippen LogP contribution in [0.2, 0.25) is 0 Å². The Hall–Kier alpha value is -1.54. The number of esters is 1. The predicted octanol–water partition coefficient (Wildman–Crippen LogP) is 4.23. The van der Waals surface area contributed by atoms with Gasteiger partial charge in [-0.1, -0.05) is 13.0 Å². The second-order valence-electron chi connectivity index (χ2n) is 11.8. The molecule has 0 saturated heterocycles. The molecule has 5 aliphatic rings. The number of hydrogen-bond donors (Lipinski definition) is 2. The van der Waals surface area contributed by atoms with Gasteiger partial charge in [-0.15, -0.1) is 12.6 Å². The summed E-state index contributed by atoms with van der Waals surface area (Å²) in [4.78, 5) is 36.9. The molecule has 0 heterocycles. The first-order chi connectivity index (χ1) is 15.7. The number of ether oxygens (including phenoxy) is 1. The second-order valence-corrected chi connectivity index (χ2v) is 12.2. The molecule has 0 aromatic carbocycles. The van der Waals surface area contributed by atoms with Crippen molar-refractivity contribution >= 4 is 29.5 Å². The number of thiol groups is 1. The Morgan fingerprint density at radius 2 is 1.82 bits per heavy atom. The fraction of sp³-hybridized carbons (Fsp3) is 0.731. The summed E-state index contributed by atoms with van der Waals surface area (Å²) in [6.07, 6.45) is 4.48. The van der Waals surface area contributed by atoms with E-state index in [1.54, 1.807) is 13.0 Å². The normalized spacial score (nSPS) is 51.5. The van der Waals surface area contributed by atoms with Crippen molar-refractivity contribution in [1.29, 1.82) is 0 Å². The van der Waals surface area contributed by atoms with Crippen molar-refractivity contribution in [3.05, 3.63) is 23.8 Å². The molecular weight excluding hydrogens is 462 g/mol. The molecule has 0 bridgehead atoms. The van der Waals surface area contributed by atoms with Crippen LogP contribution < -0.4 is 0 Å². The van der Waals surface area contributed by atoms with E-state index >= 15 is 8.78 Å². The summed E-state index contributed by atoms with van der Waals surface area (Å²) in [7, 11) is 0. The zero-order valence-electron chi connectivity index (χ0n) is 19.8. The van der Waals surface area contributed by atoms with Crippen LogP contribution >= 0.6 is 12.6 Å². The Labute approximate surface area is 203 Å². The van der Waals surface area contributed by atoms with Crippen LogP contribution in [0.3, 0.4) is 0 Å². The molecule has 5 nitrogen and oxygen atoms in total. The number of ketones is 1. The van der Waals surface area contributed by atoms with E-state index in [1.165, 1.54) is 19.1 Å². The highest BCUT2D eigenvalue weighted by Gasteiger charge is 2.70. The lowest BCUT2D eigenvalue weighted by Crippen LogP contribution is -2.65. The number of alkyl halides is 2. The monoisotopic (exact) mass is 494 g/mol. The fourth-order valence-electron chi connectivity index (χ4n) is 7.83. The Morgan fingerprint density at radius 3 is 2.44 bits per heavy atom. The quantitative estimate of drug-likeness (QED) is 0.453. The van der Waals surface area contributed by atoms with E-state index in [9.17, 15) is 19.5 Å². The largest absolute Gasteiger partial charge is 0.461 e. The molecule has 5 aliphatic carbocycles. The Bertz CT molecular complexity index is 1040. The van der Waals surface area contributed by atoms with E-state index < -0.39 is 56.8 Å². The van der Waals surface area contributed by atoms with Gasteiger partial charge in [0.1, 0.15) is 29.0 Å². The van der Waals surface area contributed by atoms with Gasteiger partial charge in [0.25, 0.3) is 0 Å². The van der Waals surface area contributed by atoms with Crippen LogP contribution in [0.5, 0.6) is 0 Å². The van der Waals surface area contributed by atoms with Crippen molar-refractivity contribution < 1.29 is 33.0 Å². The summed E-state index contributed by atoms with van der Waals surface area (Å²) in [5.41, 5.74) is -6.38. The average molecular weight is 495 g/mol. The number of halogens is 2. The van der Waals surface area contributed by atoms with E-state index in [-0.39, 0.29) is 36.5 Å². The Kier molecular flexibility index (Phi) is 5.15. The van der Waals surface area contributed by atoms with E-state index in [0.717, 1.165) is 0 Å². The highest BCUT2D eigenvalue weighted by Crippen LogP contribution is 2.68. The van der Waals surface area contributed by atoms with Gasteiger partial charge in [-0.2, -0.15) is 0 Å². The van der Waals surface area contributed by atoms with Crippen LogP contribution in [0.1, 0.15) is 65.7 Å². The first kappa shape index (κ1) is 24.2. The van der Waals surface area contributed by atoms with Gasteiger partial charge in [0.2, 0.25) is 5.12 Å². The molecule has 0 spiro atoms. The molecular formula is C26H32F2O5S. The highest BCUT2D eigenvalue weighted by atomic mass is 32.1. The van der Waals surface area contributed by atoms with Crippen molar-refractivity contribution in [1.82, 2.24) is 0 Å². The molecule has 2 unspecified atom stereocenters. The zero-order chi connectivity index (χ0) is 24.9. The lowest BCUT2D eigenvalue weighted by Gasteiger charge is -2.60. The third-order valence-corrected chi connectivity index (χ3v) is 10.9. The molecule has 0 aromatic rings. The SMILES string of the molecule is CC1(C(=O)O[C@@H]2CC[C@H]3[C@@H]4C[C@H](F)C5=CC(=O)C=C[C@]5(C)[C@@]4(F)CC[C@]23C)CCC1(O)C(=O)S. The summed E-state index contributed by atoms with van der Waals surface area (Å²) in [6.45, 7) is 5.21. The van der Waals surface area contributed by atoms with E-state index in [0.29, 0.717) is 25.7 Å². The molecule has 9 atom stereocenters. The standard InChI is InChI=1S/C26H32F2O5S/c1-22-8-10-25(28)16(13-18(27)17-12-14(29)6-7-23(17,25)2)15(22)4-5-19(22)33-20(30)24(3)9-11-26(24,32)21(31)34/h6-7,12,15-16,18-19,32H,4-5,8-11,13H2,1-3H3,(H,31,34)/t15-,16-,18-,19+,22-,23-,24?,25+,26?/m0/s1. The number of rotatable bonds is 3. The summed E-state index contributed by atoms with van der Waals surface area (Å²) in [6, 6.07) is 0. The maximum Gasteiger partial charge on any atom is 0.315 e. The van der Waals surface area contributed by atoms with Crippen LogP contribution in [0.15, 0.2) is 23.8 Å². The second kappa shape index (κ2) is 7.25. The van der Waals surface area contributed by atoms with Crippen molar-refractivity contribution in [2.24, 2.45) is 28.1 Å². The van der Waals surface area contributed by atoms with Crippen LogP contribution in [-0.4, -0.2) is 45.5 Å². The smallest absolute Gasteiger partial charge is 0.315 e. The number of fused-ring (bicyclic) bond motifs is 5. The van der Waals surface area contributed by atoms with Gasteiger partial charge in [0.05, 0.1) is 0 Å². The van der Waals surface area contributed by atoms with Crippen LogP contribution in [0.25, 0.3) is 0 Å². The number of carbonyl (C=O) groups is 3. The minimum absolute atomic E-state index is 0.00554. The van der Waals surface area contributed by atoms with Gasteiger partial charge >= 0.3 is 5.97 Å². The van der Waals surface area contributed by atoms with E-state index in [2.05, 4.69) is 12.6 Å². The number of aliphatic hydroxyl groups is 1. The van der Waals surface area contributed by atoms with Crippen LogP contribution in [0.4, 0.5) is 8.78 Å². The summed E-state index contributed by atoms with van der Waals surface area (Å²) < 4.78 is 38.2. The number of allylic oxidation sites excluding steroid dienone is 4. The van der Waals surface area contributed by atoms with Gasteiger partial charge in [0, 0.05) is 16.7 Å². The molecule has 34 heavy (non-hydrogen) atoms. The van der Waals surface area contributed by atoms with Gasteiger partial charge in [-0.25, -0.2) is 8.78 Å². The third kappa shape index (κ3) is 2.78. The molecule has 1 N–H and O–H groups in total. The maximum atomic E-state index is 16.9. The number of carbonyl (C=O) groups excluding carboxylic acids is 3. The zero-order valence-corrected chi connectivity index (χ0v) is 20.7. The molecule has 0 radical (unpaired) electrons. The van der Waals surface area contributed by atoms with Crippen LogP contribution in [-0.2, 0) is 19.1 Å². The van der Waals surface area contributed by atoms with Gasteiger partial charge in [0.15, 0.2) is 5.78 Å². The fourth-order valence-corrected chi connectivity index (χ4v) is 8.19. The van der Waals surface area contributed by atoms with Crippen molar-refractivity contribution in [2.75, 3.05) is 0 Å². The molecule has 0 aliphatic heterocycles.